The van der Waals surface area contributed by atoms with Crippen LogP contribution in [0.5, 0.6) is 0 Å². The maximum absolute atomic E-state index is 13.4. The highest BCUT2D eigenvalue weighted by atomic mass is 32.1. The Hall–Kier alpha value is -3.26. The summed E-state index contributed by atoms with van der Waals surface area (Å²) in [5, 5.41) is 11.8. The lowest BCUT2D eigenvalue weighted by atomic mass is 10.1. The molecule has 0 fully saturated rings. The Morgan fingerprint density at radius 1 is 1.33 bits per heavy atom. The van der Waals surface area contributed by atoms with Gasteiger partial charge in [0.25, 0.3) is 5.56 Å². The molecule has 0 radical (unpaired) electrons. The molecule has 0 saturated carbocycles. The zero-order chi connectivity index (χ0) is 19.0. The Labute approximate surface area is 157 Å². The van der Waals surface area contributed by atoms with E-state index in [0.29, 0.717) is 27.2 Å². The molecule has 27 heavy (non-hydrogen) atoms. The number of pyridine rings is 1. The highest BCUT2D eigenvalue weighted by molar-refractivity contribution is 7.17. The molecule has 136 valence electrons. The molecule has 0 aromatic carbocycles. The molecule has 0 spiro atoms. The lowest BCUT2D eigenvalue weighted by Gasteiger charge is -2.18. The molecule has 1 atom stereocenters. The van der Waals surface area contributed by atoms with Gasteiger partial charge < -0.3 is 9.52 Å². The van der Waals surface area contributed by atoms with Crippen LogP contribution in [0.2, 0.25) is 0 Å². The molecule has 4 heterocycles. The zero-order valence-electron chi connectivity index (χ0n) is 14.3. The minimum atomic E-state index is -1.09. The van der Waals surface area contributed by atoms with E-state index in [0.717, 1.165) is 0 Å². The summed E-state index contributed by atoms with van der Waals surface area (Å²) in [6, 6.07) is 7.67. The van der Waals surface area contributed by atoms with E-state index >= 15 is 0 Å². The van der Waals surface area contributed by atoms with E-state index < -0.39 is 17.6 Å². The third-order valence-electron chi connectivity index (χ3n) is 4.30. The first-order valence-electron chi connectivity index (χ1n) is 8.33. The first-order valence-corrected chi connectivity index (χ1v) is 9.21. The summed E-state index contributed by atoms with van der Waals surface area (Å²) < 4.78 is 6.66. The zero-order valence-corrected chi connectivity index (χ0v) is 15.1. The number of aliphatic carboxylic acids is 1. The van der Waals surface area contributed by atoms with Crippen LogP contribution in [0.1, 0.15) is 19.4 Å². The summed E-state index contributed by atoms with van der Waals surface area (Å²) in [7, 11) is 0. The fourth-order valence-electron chi connectivity index (χ4n) is 3.05. The molecule has 0 amide bonds. The van der Waals surface area contributed by atoms with Gasteiger partial charge in [0.2, 0.25) is 0 Å². The van der Waals surface area contributed by atoms with Crippen LogP contribution >= 0.6 is 11.3 Å². The Kier molecular flexibility index (Phi) is 4.33. The van der Waals surface area contributed by atoms with Crippen molar-refractivity contribution in [1.29, 1.82) is 0 Å². The van der Waals surface area contributed by atoms with Gasteiger partial charge in [-0.1, -0.05) is 13.0 Å². The van der Waals surface area contributed by atoms with Gasteiger partial charge >= 0.3 is 5.97 Å². The van der Waals surface area contributed by atoms with Crippen LogP contribution in [0, 0.1) is 0 Å². The Bertz CT molecular complexity index is 1160. The number of carbonyl (C=O) groups is 1. The fraction of sp³-hybridized carbons (Fsp3) is 0.158. The number of thiophene rings is 1. The lowest BCUT2D eigenvalue weighted by Crippen LogP contribution is -2.31. The summed E-state index contributed by atoms with van der Waals surface area (Å²) in [6.45, 7) is 1.72. The number of fused-ring (bicyclic) bond motifs is 1. The molecule has 4 aromatic heterocycles. The van der Waals surface area contributed by atoms with Gasteiger partial charge in [0.05, 0.1) is 11.6 Å². The number of hydrogen-bond donors (Lipinski definition) is 1. The number of carboxylic acid groups (broad SMARTS) is 1. The normalized spacial score (nSPS) is 12.3. The third-order valence-corrected chi connectivity index (χ3v) is 5.18. The average molecular weight is 381 g/mol. The Morgan fingerprint density at radius 3 is 2.81 bits per heavy atom. The average Bonchev–Trinajstić information content (AvgIpc) is 3.33. The van der Waals surface area contributed by atoms with Crippen LogP contribution in [-0.2, 0) is 4.79 Å². The van der Waals surface area contributed by atoms with E-state index in [9.17, 15) is 14.7 Å². The molecule has 0 aliphatic carbocycles. The smallest absolute Gasteiger partial charge is 0.326 e. The van der Waals surface area contributed by atoms with Crippen LogP contribution < -0.4 is 5.56 Å². The van der Waals surface area contributed by atoms with E-state index in [1.54, 1.807) is 48.8 Å². The molecular formula is C19H15N3O4S. The van der Waals surface area contributed by atoms with Crippen molar-refractivity contribution in [3.63, 3.8) is 0 Å². The van der Waals surface area contributed by atoms with Gasteiger partial charge in [0.15, 0.2) is 5.82 Å². The molecule has 7 nitrogen and oxygen atoms in total. The Balaban J connectivity index is 2.09. The summed E-state index contributed by atoms with van der Waals surface area (Å²) >= 11 is 1.31. The molecule has 0 bridgehead atoms. The highest BCUT2D eigenvalue weighted by Crippen LogP contribution is 2.33. The summed E-state index contributed by atoms with van der Waals surface area (Å²) in [6.07, 6.45) is 3.35. The molecule has 8 heteroatoms. The Morgan fingerprint density at radius 2 is 2.19 bits per heavy atom. The fourth-order valence-corrected chi connectivity index (χ4v) is 3.97. The van der Waals surface area contributed by atoms with Gasteiger partial charge in [-0.15, -0.1) is 11.3 Å². The number of carboxylic acids is 1. The second-order valence-corrected chi connectivity index (χ2v) is 6.75. The molecule has 0 aliphatic rings. The summed E-state index contributed by atoms with van der Waals surface area (Å²) in [5.41, 5.74) is 0.644. The van der Waals surface area contributed by atoms with Crippen molar-refractivity contribution in [2.75, 3.05) is 0 Å². The van der Waals surface area contributed by atoms with Crippen molar-refractivity contribution < 1.29 is 14.3 Å². The number of nitrogens with zero attached hydrogens (tertiary/aromatic N) is 3. The van der Waals surface area contributed by atoms with E-state index in [1.807, 2.05) is 0 Å². The van der Waals surface area contributed by atoms with E-state index in [4.69, 9.17) is 4.42 Å². The molecule has 4 rings (SSSR count). The van der Waals surface area contributed by atoms with Crippen molar-refractivity contribution in [2.45, 2.75) is 19.4 Å². The molecular weight excluding hydrogens is 366 g/mol. The predicted molar refractivity (Wildman–Crippen MR) is 102 cm³/mol. The second-order valence-electron chi connectivity index (χ2n) is 5.89. The predicted octanol–water partition coefficient (Wildman–Crippen LogP) is 3.82. The maximum Gasteiger partial charge on any atom is 0.326 e. The number of furan rings is 1. The van der Waals surface area contributed by atoms with Crippen molar-refractivity contribution in [3.05, 3.63) is 58.5 Å². The highest BCUT2D eigenvalue weighted by Gasteiger charge is 2.27. The first kappa shape index (κ1) is 17.2. The topological polar surface area (TPSA) is 98.2 Å². The summed E-state index contributed by atoms with van der Waals surface area (Å²) in [4.78, 5) is 34.6. The van der Waals surface area contributed by atoms with E-state index in [2.05, 4.69) is 9.97 Å². The first-order chi connectivity index (χ1) is 13.1. The van der Waals surface area contributed by atoms with Crippen LogP contribution in [0.3, 0.4) is 0 Å². The molecule has 0 saturated heterocycles. The van der Waals surface area contributed by atoms with Gasteiger partial charge in [0.1, 0.15) is 22.3 Å². The van der Waals surface area contributed by atoms with Crippen molar-refractivity contribution >= 4 is 27.5 Å². The minimum absolute atomic E-state index is 0.239. The van der Waals surface area contributed by atoms with Crippen molar-refractivity contribution in [3.8, 4) is 22.8 Å². The molecule has 1 unspecified atom stereocenters. The van der Waals surface area contributed by atoms with Crippen molar-refractivity contribution in [2.24, 2.45) is 0 Å². The number of hydrogen-bond acceptors (Lipinski definition) is 6. The monoisotopic (exact) mass is 381 g/mol. The minimum Gasteiger partial charge on any atom is -0.480 e. The maximum atomic E-state index is 13.4. The van der Waals surface area contributed by atoms with Crippen LogP contribution in [-0.4, -0.2) is 25.6 Å². The molecule has 0 aliphatic heterocycles. The molecule has 1 N–H and O–H groups in total. The number of aromatic nitrogens is 3. The standard InChI is InChI=1S/C19H15N3O4S/c1-2-13(19(24)25)22-16(12-6-3-4-8-20-12)21-17-15(18(22)23)11(10-27-17)14-7-5-9-26-14/h3-10,13H,2H2,1H3,(H,24,25). The van der Waals surface area contributed by atoms with Crippen LogP contribution in [0.15, 0.2) is 57.4 Å². The van der Waals surface area contributed by atoms with E-state index in [-0.39, 0.29) is 12.2 Å². The van der Waals surface area contributed by atoms with Crippen molar-refractivity contribution in [1.82, 2.24) is 14.5 Å². The largest absolute Gasteiger partial charge is 0.480 e. The van der Waals surface area contributed by atoms with Gasteiger partial charge in [-0.25, -0.2) is 9.78 Å². The summed E-state index contributed by atoms with van der Waals surface area (Å²) in [5.74, 6) is -0.302. The number of rotatable bonds is 5. The van der Waals surface area contributed by atoms with E-state index in [1.165, 1.54) is 22.2 Å². The van der Waals surface area contributed by atoms with Gasteiger partial charge in [-0.3, -0.25) is 14.3 Å². The lowest BCUT2D eigenvalue weighted by molar-refractivity contribution is -0.141. The van der Waals surface area contributed by atoms with Gasteiger partial charge in [-0.2, -0.15) is 0 Å². The quantitative estimate of drug-likeness (QED) is 0.564. The second kappa shape index (κ2) is 6.81. The van der Waals surface area contributed by atoms with Gasteiger partial charge in [0, 0.05) is 17.1 Å². The van der Waals surface area contributed by atoms with Crippen LogP contribution in [0.25, 0.3) is 33.1 Å². The van der Waals surface area contributed by atoms with Crippen LogP contribution in [0.4, 0.5) is 0 Å². The molecule has 4 aromatic rings. The third kappa shape index (κ3) is 2.83. The van der Waals surface area contributed by atoms with Gasteiger partial charge in [-0.05, 0) is 30.7 Å². The SMILES string of the molecule is CCC(C(=O)O)n1c(-c2ccccn2)nc2scc(-c3ccco3)c2c1=O.